The first-order valence-corrected chi connectivity index (χ1v) is 7.04. The number of thiocarbonyl (C=S) groups is 1. The van der Waals surface area contributed by atoms with E-state index in [4.69, 9.17) is 17.0 Å². The standard InChI is InChI=1S/C15H18N2O2S/c1-3-9-19-14(18)12-10(2)16-15(20)17-13(12)11-7-5-4-6-8-11/h4-8,13H,3,9H2,1-2H3,(H2,16,17,20)/t13-/m1/s1. The molecule has 0 spiro atoms. The Morgan fingerprint density at radius 1 is 1.35 bits per heavy atom. The first kappa shape index (κ1) is 14.5. The van der Waals surface area contributed by atoms with Gasteiger partial charge in [-0.25, -0.2) is 4.79 Å². The molecule has 1 aromatic carbocycles. The molecule has 1 aliphatic rings. The van der Waals surface area contributed by atoms with Crippen LogP contribution in [0.2, 0.25) is 0 Å². The molecule has 1 heterocycles. The second-order valence-electron chi connectivity index (χ2n) is 4.62. The molecule has 0 aliphatic carbocycles. The molecule has 2 rings (SSSR count). The molecule has 0 bridgehead atoms. The van der Waals surface area contributed by atoms with Crippen LogP contribution in [0, 0.1) is 0 Å². The number of nitrogens with one attached hydrogen (secondary N) is 2. The lowest BCUT2D eigenvalue weighted by Crippen LogP contribution is -2.45. The number of carbonyl (C=O) groups excluding carboxylic acids is 1. The topological polar surface area (TPSA) is 50.4 Å². The molecule has 4 nitrogen and oxygen atoms in total. The molecule has 0 saturated heterocycles. The van der Waals surface area contributed by atoms with Crippen LogP contribution in [0.4, 0.5) is 0 Å². The van der Waals surface area contributed by atoms with Gasteiger partial charge in [-0.3, -0.25) is 0 Å². The average molecular weight is 290 g/mol. The SMILES string of the molecule is CCCOC(=O)C1=C(C)NC(=S)N[C@@H]1c1ccccc1. The van der Waals surface area contributed by atoms with Crippen molar-refractivity contribution in [3.8, 4) is 0 Å². The van der Waals surface area contributed by atoms with Crippen LogP contribution in [0.5, 0.6) is 0 Å². The molecule has 0 fully saturated rings. The summed E-state index contributed by atoms with van der Waals surface area (Å²) in [5.41, 5.74) is 2.31. The van der Waals surface area contributed by atoms with Crippen molar-refractivity contribution in [2.75, 3.05) is 6.61 Å². The zero-order valence-corrected chi connectivity index (χ0v) is 12.4. The first-order chi connectivity index (χ1) is 9.63. The molecule has 0 amide bonds. The lowest BCUT2D eigenvalue weighted by Gasteiger charge is -2.29. The summed E-state index contributed by atoms with van der Waals surface area (Å²) in [5, 5.41) is 6.63. The van der Waals surface area contributed by atoms with Gasteiger partial charge in [0.1, 0.15) is 0 Å². The van der Waals surface area contributed by atoms with Gasteiger partial charge in [0, 0.05) is 5.70 Å². The fourth-order valence-corrected chi connectivity index (χ4v) is 2.40. The largest absolute Gasteiger partial charge is 0.462 e. The number of hydrogen-bond acceptors (Lipinski definition) is 3. The number of esters is 1. The van der Waals surface area contributed by atoms with Crippen LogP contribution in [0.1, 0.15) is 31.9 Å². The normalized spacial score (nSPS) is 18.3. The van der Waals surface area contributed by atoms with Crippen molar-refractivity contribution in [2.45, 2.75) is 26.3 Å². The molecule has 1 atom stereocenters. The minimum Gasteiger partial charge on any atom is -0.462 e. The Morgan fingerprint density at radius 2 is 2.05 bits per heavy atom. The Hall–Kier alpha value is -1.88. The van der Waals surface area contributed by atoms with Crippen molar-refractivity contribution in [1.82, 2.24) is 10.6 Å². The number of hydrogen-bond donors (Lipinski definition) is 2. The lowest BCUT2D eigenvalue weighted by molar-refractivity contribution is -0.139. The second kappa shape index (κ2) is 6.52. The smallest absolute Gasteiger partial charge is 0.338 e. The minimum atomic E-state index is -0.305. The maximum absolute atomic E-state index is 12.3. The van der Waals surface area contributed by atoms with E-state index in [-0.39, 0.29) is 12.0 Å². The molecule has 0 saturated carbocycles. The first-order valence-electron chi connectivity index (χ1n) is 6.63. The number of allylic oxidation sites excluding steroid dienone is 1. The van der Waals surface area contributed by atoms with Crippen molar-refractivity contribution >= 4 is 23.3 Å². The van der Waals surface area contributed by atoms with Gasteiger partial charge in [-0.05, 0) is 31.1 Å². The minimum absolute atomic E-state index is 0.269. The predicted molar refractivity (Wildman–Crippen MR) is 82.0 cm³/mol. The van der Waals surface area contributed by atoms with E-state index in [2.05, 4.69) is 10.6 Å². The third-order valence-corrected chi connectivity index (χ3v) is 3.28. The zero-order valence-electron chi connectivity index (χ0n) is 11.6. The van der Waals surface area contributed by atoms with Crippen LogP contribution in [-0.2, 0) is 9.53 Å². The van der Waals surface area contributed by atoms with Crippen LogP contribution in [0.3, 0.4) is 0 Å². The summed E-state index contributed by atoms with van der Waals surface area (Å²) in [6.07, 6.45) is 0.799. The van der Waals surface area contributed by atoms with Crippen molar-refractivity contribution < 1.29 is 9.53 Å². The van der Waals surface area contributed by atoms with Crippen LogP contribution in [0.15, 0.2) is 41.6 Å². The molecular weight excluding hydrogens is 272 g/mol. The summed E-state index contributed by atoms with van der Waals surface area (Å²) in [5.74, 6) is -0.305. The third-order valence-electron chi connectivity index (χ3n) is 3.06. The number of rotatable bonds is 4. The van der Waals surface area contributed by atoms with E-state index in [1.807, 2.05) is 44.2 Å². The van der Waals surface area contributed by atoms with Gasteiger partial charge in [0.2, 0.25) is 0 Å². The van der Waals surface area contributed by atoms with Gasteiger partial charge in [-0.2, -0.15) is 0 Å². The molecule has 0 aromatic heterocycles. The number of ether oxygens (including phenoxy) is 1. The fraction of sp³-hybridized carbons (Fsp3) is 0.333. The van der Waals surface area contributed by atoms with Crippen LogP contribution < -0.4 is 10.6 Å². The van der Waals surface area contributed by atoms with Crippen molar-refractivity contribution in [1.29, 1.82) is 0 Å². The maximum Gasteiger partial charge on any atom is 0.338 e. The highest BCUT2D eigenvalue weighted by Crippen LogP contribution is 2.27. The predicted octanol–water partition coefficient (Wildman–Crippen LogP) is 2.43. The average Bonchev–Trinajstić information content (AvgIpc) is 2.45. The van der Waals surface area contributed by atoms with E-state index in [0.717, 1.165) is 17.7 Å². The van der Waals surface area contributed by atoms with E-state index in [0.29, 0.717) is 17.3 Å². The molecule has 2 N–H and O–H groups in total. The highest BCUT2D eigenvalue weighted by molar-refractivity contribution is 7.80. The van der Waals surface area contributed by atoms with Crippen LogP contribution in [-0.4, -0.2) is 17.7 Å². The molecule has 1 aromatic rings. The second-order valence-corrected chi connectivity index (χ2v) is 5.03. The molecule has 0 radical (unpaired) electrons. The van der Waals surface area contributed by atoms with E-state index in [9.17, 15) is 4.79 Å². The van der Waals surface area contributed by atoms with Gasteiger partial charge in [0.25, 0.3) is 0 Å². The van der Waals surface area contributed by atoms with Gasteiger partial charge in [-0.15, -0.1) is 0 Å². The van der Waals surface area contributed by atoms with E-state index in [1.54, 1.807) is 0 Å². The summed E-state index contributed by atoms with van der Waals surface area (Å²) >= 11 is 5.18. The van der Waals surface area contributed by atoms with Crippen molar-refractivity contribution in [3.63, 3.8) is 0 Å². The molecule has 5 heteroatoms. The van der Waals surface area contributed by atoms with Crippen LogP contribution in [0.25, 0.3) is 0 Å². The summed E-state index contributed by atoms with van der Waals surface area (Å²) < 4.78 is 5.27. The monoisotopic (exact) mass is 290 g/mol. The fourth-order valence-electron chi connectivity index (χ4n) is 2.13. The van der Waals surface area contributed by atoms with Crippen molar-refractivity contribution in [2.24, 2.45) is 0 Å². The molecule has 20 heavy (non-hydrogen) atoms. The Balaban J connectivity index is 2.34. The highest BCUT2D eigenvalue weighted by atomic mass is 32.1. The molecule has 0 unspecified atom stereocenters. The van der Waals surface area contributed by atoms with Gasteiger partial charge < -0.3 is 15.4 Å². The number of benzene rings is 1. The van der Waals surface area contributed by atoms with Gasteiger partial charge in [0.15, 0.2) is 5.11 Å². The molecule has 1 aliphatic heterocycles. The Kier molecular flexibility index (Phi) is 4.74. The molecular formula is C15H18N2O2S. The Morgan fingerprint density at radius 3 is 2.70 bits per heavy atom. The zero-order chi connectivity index (χ0) is 14.5. The van der Waals surface area contributed by atoms with E-state index < -0.39 is 0 Å². The summed E-state index contributed by atoms with van der Waals surface area (Å²) in [6.45, 7) is 4.23. The highest BCUT2D eigenvalue weighted by Gasteiger charge is 2.30. The quantitative estimate of drug-likeness (QED) is 0.659. The Labute approximate surface area is 124 Å². The van der Waals surface area contributed by atoms with E-state index >= 15 is 0 Å². The molecule has 106 valence electrons. The summed E-state index contributed by atoms with van der Waals surface area (Å²) in [4.78, 5) is 12.3. The summed E-state index contributed by atoms with van der Waals surface area (Å²) in [6, 6.07) is 9.47. The van der Waals surface area contributed by atoms with Gasteiger partial charge in [0.05, 0.1) is 18.2 Å². The Bertz CT molecular complexity index is 540. The lowest BCUT2D eigenvalue weighted by atomic mass is 9.96. The van der Waals surface area contributed by atoms with Gasteiger partial charge in [-0.1, -0.05) is 37.3 Å². The maximum atomic E-state index is 12.3. The van der Waals surface area contributed by atoms with Crippen molar-refractivity contribution in [3.05, 3.63) is 47.2 Å². The number of carbonyl (C=O) groups is 1. The third kappa shape index (κ3) is 3.17. The summed E-state index contributed by atoms with van der Waals surface area (Å²) in [7, 11) is 0. The van der Waals surface area contributed by atoms with E-state index in [1.165, 1.54) is 0 Å². The van der Waals surface area contributed by atoms with Crippen LogP contribution >= 0.6 is 12.2 Å². The van der Waals surface area contributed by atoms with Gasteiger partial charge >= 0.3 is 5.97 Å².